The van der Waals surface area contributed by atoms with E-state index >= 15 is 0 Å². The van der Waals surface area contributed by atoms with Crippen molar-refractivity contribution in [1.82, 2.24) is 10.2 Å². The minimum atomic E-state index is -4.27. The molecule has 5 aromatic rings. The lowest BCUT2D eigenvalue weighted by Crippen LogP contribution is -2.53. The van der Waals surface area contributed by atoms with Gasteiger partial charge in [0.1, 0.15) is 29.9 Å². The van der Waals surface area contributed by atoms with Gasteiger partial charge in [-0.05, 0) is 78.7 Å². The van der Waals surface area contributed by atoms with Crippen LogP contribution in [0, 0.1) is 12.7 Å². The molecule has 5 rings (SSSR count). The molecule has 1 N–H and O–H groups in total. The van der Waals surface area contributed by atoms with Gasteiger partial charge in [-0.1, -0.05) is 78.4 Å². The summed E-state index contributed by atoms with van der Waals surface area (Å²) >= 11 is 0. The number of aryl methyl sites for hydroxylation is 1. The molecule has 0 heterocycles. The zero-order valence-corrected chi connectivity index (χ0v) is 27.4. The summed E-state index contributed by atoms with van der Waals surface area (Å²) in [6.07, 6.45) is 0.170. The Morgan fingerprint density at radius 2 is 1.33 bits per heavy atom. The highest BCUT2D eigenvalue weighted by Gasteiger charge is 2.34. The smallest absolute Gasteiger partial charge is 0.264 e. The molecule has 0 unspecified atom stereocenters. The second-order valence-electron chi connectivity index (χ2n) is 11.2. The maximum absolute atomic E-state index is 14.4. The number of anilines is 1. The van der Waals surface area contributed by atoms with Crippen LogP contribution in [-0.4, -0.2) is 44.8 Å². The number of ether oxygens (including phenoxy) is 1. The van der Waals surface area contributed by atoms with Crippen LogP contribution in [0.15, 0.2) is 138 Å². The molecule has 0 bridgehead atoms. The Bertz CT molecular complexity index is 1920. The number of carbonyl (C=O) groups excluding carboxylic acids is 2. The summed E-state index contributed by atoms with van der Waals surface area (Å²) in [7, 11) is -2.78. The first kappa shape index (κ1) is 33.9. The van der Waals surface area contributed by atoms with Crippen molar-refractivity contribution in [3.8, 4) is 11.5 Å². The topological polar surface area (TPSA) is 96.0 Å². The van der Waals surface area contributed by atoms with Gasteiger partial charge in [0.25, 0.3) is 10.0 Å². The first-order valence-corrected chi connectivity index (χ1v) is 16.8. The Hall–Kier alpha value is -5.48. The molecule has 0 aliphatic rings. The quantitative estimate of drug-likeness (QED) is 0.155. The van der Waals surface area contributed by atoms with Crippen LogP contribution in [0.25, 0.3) is 0 Å². The van der Waals surface area contributed by atoms with E-state index in [1.165, 1.54) is 48.3 Å². The van der Waals surface area contributed by atoms with Crippen LogP contribution < -0.4 is 14.4 Å². The number of nitrogens with zero attached hydrogens (tertiary/aromatic N) is 2. The van der Waals surface area contributed by atoms with E-state index in [0.717, 1.165) is 15.4 Å². The van der Waals surface area contributed by atoms with Gasteiger partial charge < -0.3 is 15.0 Å². The van der Waals surface area contributed by atoms with E-state index in [0.29, 0.717) is 17.1 Å². The Balaban J connectivity index is 1.54. The number of hydrogen-bond acceptors (Lipinski definition) is 5. The number of hydrogen-bond donors (Lipinski definition) is 1. The van der Waals surface area contributed by atoms with E-state index in [1.807, 2.05) is 55.5 Å². The molecule has 10 heteroatoms. The molecule has 0 aromatic heterocycles. The molecule has 0 saturated heterocycles. The number of para-hydroxylation sites is 1. The summed E-state index contributed by atoms with van der Waals surface area (Å²) in [4.78, 5) is 29.2. The molecular formula is C38H36FN3O5S. The third kappa shape index (κ3) is 8.45. The molecule has 48 heavy (non-hydrogen) atoms. The molecule has 0 radical (unpaired) electrons. The van der Waals surface area contributed by atoms with Crippen molar-refractivity contribution < 1.29 is 27.1 Å². The van der Waals surface area contributed by atoms with Crippen LogP contribution in [0.5, 0.6) is 11.5 Å². The van der Waals surface area contributed by atoms with Crippen LogP contribution in [0.1, 0.15) is 16.7 Å². The van der Waals surface area contributed by atoms with Crippen molar-refractivity contribution in [1.29, 1.82) is 0 Å². The number of rotatable bonds is 13. The molecular weight excluding hydrogens is 629 g/mol. The molecule has 0 aliphatic heterocycles. The number of halogens is 1. The Morgan fingerprint density at radius 3 is 1.94 bits per heavy atom. The summed E-state index contributed by atoms with van der Waals surface area (Å²) in [5.74, 6) is -0.406. The number of carbonyl (C=O) groups is 2. The van der Waals surface area contributed by atoms with E-state index in [2.05, 4.69) is 5.32 Å². The fraction of sp³-hybridized carbons (Fsp3) is 0.158. The minimum absolute atomic E-state index is 0.00253. The van der Waals surface area contributed by atoms with E-state index in [4.69, 9.17) is 4.74 Å². The molecule has 0 fully saturated rings. The molecule has 1 atom stereocenters. The average molecular weight is 666 g/mol. The summed E-state index contributed by atoms with van der Waals surface area (Å²) < 4.78 is 49.2. The Labute approximate surface area is 280 Å². The minimum Gasteiger partial charge on any atom is -0.457 e. The average Bonchev–Trinajstić information content (AvgIpc) is 3.10. The first-order chi connectivity index (χ1) is 23.1. The van der Waals surface area contributed by atoms with Gasteiger partial charge in [-0.15, -0.1) is 0 Å². The maximum atomic E-state index is 14.4. The van der Waals surface area contributed by atoms with Gasteiger partial charge in [-0.2, -0.15) is 0 Å². The second-order valence-corrected chi connectivity index (χ2v) is 13.1. The lowest BCUT2D eigenvalue weighted by atomic mass is 10.0. The highest BCUT2D eigenvalue weighted by Crippen LogP contribution is 2.29. The Kier molecular flexibility index (Phi) is 10.9. The fourth-order valence-corrected chi connectivity index (χ4v) is 6.59. The van der Waals surface area contributed by atoms with Crippen molar-refractivity contribution in [2.75, 3.05) is 17.9 Å². The van der Waals surface area contributed by atoms with E-state index < -0.39 is 40.2 Å². The highest BCUT2D eigenvalue weighted by molar-refractivity contribution is 7.92. The van der Waals surface area contributed by atoms with Crippen molar-refractivity contribution in [3.63, 3.8) is 0 Å². The number of amides is 2. The normalized spacial score (nSPS) is 11.7. The van der Waals surface area contributed by atoms with Crippen molar-refractivity contribution >= 4 is 27.5 Å². The van der Waals surface area contributed by atoms with Gasteiger partial charge in [-0.25, -0.2) is 12.8 Å². The van der Waals surface area contributed by atoms with Gasteiger partial charge >= 0.3 is 0 Å². The maximum Gasteiger partial charge on any atom is 0.264 e. The summed E-state index contributed by atoms with van der Waals surface area (Å²) in [6.45, 7) is 1.17. The molecule has 0 spiro atoms. The largest absolute Gasteiger partial charge is 0.457 e. The predicted octanol–water partition coefficient (Wildman–Crippen LogP) is 6.51. The van der Waals surface area contributed by atoms with Gasteiger partial charge in [0, 0.05) is 20.0 Å². The van der Waals surface area contributed by atoms with Gasteiger partial charge in [-0.3, -0.25) is 13.9 Å². The van der Waals surface area contributed by atoms with Crippen LogP contribution in [0.2, 0.25) is 0 Å². The van der Waals surface area contributed by atoms with E-state index in [1.54, 1.807) is 48.5 Å². The predicted molar refractivity (Wildman–Crippen MR) is 184 cm³/mol. The van der Waals surface area contributed by atoms with Crippen molar-refractivity contribution in [2.24, 2.45) is 0 Å². The summed E-state index contributed by atoms with van der Waals surface area (Å²) in [5, 5.41) is 2.65. The van der Waals surface area contributed by atoms with Gasteiger partial charge in [0.15, 0.2) is 0 Å². The zero-order chi connectivity index (χ0) is 34.1. The van der Waals surface area contributed by atoms with E-state index in [-0.39, 0.29) is 23.5 Å². The lowest BCUT2D eigenvalue weighted by Gasteiger charge is -2.33. The third-order valence-electron chi connectivity index (χ3n) is 7.78. The monoisotopic (exact) mass is 665 g/mol. The molecule has 8 nitrogen and oxygen atoms in total. The molecule has 2 amide bonds. The molecule has 5 aromatic carbocycles. The van der Waals surface area contributed by atoms with Crippen LogP contribution in [0.4, 0.5) is 10.1 Å². The van der Waals surface area contributed by atoms with Crippen molar-refractivity contribution in [2.45, 2.75) is 30.8 Å². The van der Waals surface area contributed by atoms with Crippen LogP contribution >= 0.6 is 0 Å². The number of benzene rings is 5. The molecule has 0 aliphatic carbocycles. The SMILES string of the molecule is CNC(=O)[C@@H](Cc1ccccc1)N(Cc1ccc(F)cc1)C(=O)CN(c1ccc(Oc2ccccc2)cc1)S(=O)(=O)c1ccc(C)cc1. The van der Waals surface area contributed by atoms with Crippen LogP contribution in [0.3, 0.4) is 0 Å². The van der Waals surface area contributed by atoms with Crippen molar-refractivity contribution in [3.05, 3.63) is 156 Å². The first-order valence-electron chi connectivity index (χ1n) is 15.4. The summed E-state index contributed by atoms with van der Waals surface area (Å²) in [6, 6.07) is 35.8. The zero-order valence-electron chi connectivity index (χ0n) is 26.6. The second kappa shape index (κ2) is 15.4. The molecule has 0 saturated carbocycles. The lowest BCUT2D eigenvalue weighted by molar-refractivity contribution is -0.139. The fourth-order valence-electron chi connectivity index (χ4n) is 5.18. The Morgan fingerprint density at radius 1 is 0.750 bits per heavy atom. The van der Waals surface area contributed by atoms with Gasteiger partial charge in [0.05, 0.1) is 10.6 Å². The number of sulfonamides is 1. The standard InChI is InChI=1S/C38H36FN3O5S/c1-28-13-23-35(24-14-28)48(45,46)42(32-19-21-34(22-20-32)47-33-11-7-4-8-12-33)27-37(43)41(26-30-15-17-31(39)18-16-30)36(38(44)40-2)25-29-9-5-3-6-10-29/h3-24,36H,25-27H2,1-2H3,(H,40,44)/t36-/m1/s1. The molecule has 246 valence electrons. The third-order valence-corrected chi connectivity index (χ3v) is 9.56. The number of likely N-dealkylation sites (N-methyl/N-ethyl adjacent to an activating group) is 1. The van der Waals surface area contributed by atoms with Gasteiger partial charge in [0.2, 0.25) is 11.8 Å². The van der Waals surface area contributed by atoms with E-state index in [9.17, 15) is 22.4 Å². The highest BCUT2D eigenvalue weighted by atomic mass is 32.2. The summed E-state index contributed by atoms with van der Waals surface area (Å²) in [5.41, 5.74) is 2.48. The number of nitrogens with one attached hydrogen (secondary N) is 1. The van der Waals surface area contributed by atoms with Crippen LogP contribution in [-0.2, 0) is 32.6 Å².